The van der Waals surface area contributed by atoms with Crippen molar-refractivity contribution in [3.8, 4) is 0 Å². The molecule has 0 unspecified atom stereocenters. The zero-order chi connectivity index (χ0) is 16.0. The molecular formula is C17H11ClN2O2S. The highest BCUT2D eigenvalue weighted by Crippen LogP contribution is 2.31. The van der Waals surface area contributed by atoms with E-state index in [1.807, 2.05) is 30.3 Å². The molecule has 4 rings (SSSR count). The quantitative estimate of drug-likeness (QED) is 0.734. The van der Waals surface area contributed by atoms with E-state index in [0.717, 1.165) is 10.9 Å². The SMILES string of the molecule is O=S1(=O)N/C(=C\c2ccc3cc(Cl)ccc3n2)c2ccccc21. The first-order valence-corrected chi connectivity index (χ1v) is 8.79. The topological polar surface area (TPSA) is 59.1 Å². The average Bonchev–Trinajstić information content (AvgIpc) is 2.79. The molecule has 0 saturated heterocycles. The number of benzene rings is 2. The van der Waals surface area contributed by atoms with Crippen LogP contribution in [-0.2, 0) is 10.0 Å². The molecule has 0 saturated carbocycles. The number of hydrogen-bond acceptors (Lipinski definition) is 3. The number of aromatic nitrogens is 1. The van der Waals surface area contributed by atoms with Crippen LogP contribution < -0.4 is 4.72 Å². The molecule has 6 heteroatoms. The first-order chi connectivity index (χ1) is 11.0. The fourth-order valence-electron chi connectivity index (χ4n) is 2.63. The number of pyridine rings is 1. The van der Waals surface area contributed by atoms with Gasteiger partial charge in [-0.25, -0.2) is 13.4 Å². The summed E-state index contributed by atoms with van der Waals surface area (Å²) in [5, 5.41) is 1.59. The summed E-state index contributed by atoms with van der Waals surface area (Å²) in [7, 11) is -3.49. The molecule has 0 fully saturated rings. The molecule has 1 aliphatic rings. The van der Waals surface area contributed by atoms with Crippen LogP contribution >= 0.6 is 11.6 Å². The second kappa shape index (κ2) is 5.08. The molecular weight excluding hydrogens is 332 g/mol. The van der Waals surface area contributed by atoms with Crippen LogP contribution in [0.5, 0.6) is 0 Å². The van der Waals surface area contributed by atoms with Gasteiger partial charge in [0.05, 0.1) is 21.8 Å². The summed E-state index contributed by atoms with van der Waals surface area (Å²) in [6, 6.07) is 16.1. The smallest absolute Gasteiger partial charge is 0.262 e. The molecule has 23 heavy (non-hydrogen) atoms. The summed E-state index contributed by atoms with van der Waals surface area (Å²) in [4.78, 5) is 4.82. The molecule has 114 valence electrons. The third-order valence-electron chi connectivity index (χ3n) is 3.68. The first-order valence-electron chi connectivity index (χ1n) is 6.93. The van der Waals surface area contributed by atoms with Crippen molar-refractivity contribution >= 4 is 44.3 Å². The van der Waals surface area contributed by atoms with E-state index in [4.69, 9.17) is 11.6 Å². The molecule has 0 aliphatic carbocycles. The molecule has 2 aromatic carbocycles. The highest BCUT2D eigenvalue weighted by molar-refractivity contribution is 7.90. The van der Waals surface area contributed by atoms with Crippen molar-refractivity contribution in [2.45, 2.75) is 4.90 Å². The molecule has 0 spiro atoms. The van der Waals surface area contributed by atoms with Gasteiger partial charge in [0.25, 0.3) is 10.0 Å². The summed E-state index contributed by atoms with van der Waals surface area (Å²) in [6.07, 6.45) is 1.73. The van der Waals surface area contributed by atoms with Crippen molar-refractivity contribution in [1.82, 2.24) is 9.71 Å². The number of hydrogen-bond donors (Lipinski definition) is 1. The summed E-state index contributed by atoms with van der Waals surface area (Å²) in [5.41, 5.74) is 2.67. The molecule has 1 aromatic heterocycles. The third-order valence-corrected chi connectivity index (χ3v) is 5.33. The lowest BCUT2D eigenvalue weighted by atomic mass is 10.1. The monoisotopic (exact) mass is 342 g/mol. The average molecular weight is 343 g/mol. The van der Waals surface area contributed by atoms with Crippen LogP contribution in [0.1, 0.15) is 11.3 Å². The standard InChI is InChI=1S/C17H11ClN2O2S/c18-12-6-8-15-11(9-12)5-7-13(19-15)10-16-14-3-1-2-4-17(14)23(21,22)20-16/h1-10,20H/b16-10-. The molecule has 0 radical (unpaired) electrons. The van der Waals surface area contributed by atoms with Gasteiger partial charge in [0.1, 0.15) is 0 Å². The zero-order valence-electron chi connectivity index (χ0n) is 11.8. The summed E-state index contributed by atoms with van der Waals surface area (Å²) >= 11 is 5.97. The largest absolute Gasteiger partial charge is 0.279 e. The molecule has 0 atom stereocenters. The normalized spacial score (nSPS) is 17.2. The first kappa shape index (κ1) is 14.2. The van der Waals surface area contributed by atoms with Crippen LogP contribution in [0.4, 0.5) is 0 Å². The van der Waals surface area contributed by atoms with Gasteiger partial charge in [-0.2, -0.15) is 0 Å². The Labute approximate surface area is 138 Å². The molecule has 1 N–H and O–H groups in total. The molecule has 1 aliphatic heterocycles. The van der Waals surface area contributed by atoms with E-state index in [9.17, 15) is 8.42 Å². The maximum atomic E-state index is 12.1. The van der Waals surface area contributed by atoms with E-state index in [2.05, 4.69) is 9.71 Å². The Morgan fingerprint density at radius 2 is 1.87 bits per heavy atom. The second-order valence-corrected chi connectivity index (χ2v) is 7.32. The van der Waals surface area contributed by atoms with E-state index in [0.29, 0.717) is 26.9 Å². The van der Waals surface area contributed by atoms with Gasteiger partial charge in [-0.05, 0) is 36.4 Å². The van der Waals surface area contributed by atoms with E-state index < -0.39 is 10.0 Å². The summed E-state index contributed by atoms with van der Waals surface area (Å²) < 4.78 is 26.8. The van der Waals surface area contributed by atoms with Crippen molar-refractivity contribution in [3.05, 3.63) is 70.9 Å². The predicted octanol–water partition coefficient (Wildman–Crippen LogP) is 3.68. The van der Waals surface area contributed by atoms with Crippen LogP contribution in [0.2, 0.25) is 5.02 Å². The number of sulfonamides is 1. The predicted molar refractivity (Wildman–Crippen MR) is 91.4 cm³/mol. The molecule has 0 amide bonds. The molecule has 4 nitrogen and oxygen atoms in total. The van der Waals surface area contributed by atoms with Gasteiger partial charge in [0, 0.05) is 16.0 Å². The van der Waals surface area contributed by atoms with Crippen molar-refractivity contribution < 1.29 is 8.42 Å². The Bertz CT molecular complexity index is 1070. The zero-order valence-corrected chi connectivity index (χ0v) is 13.4. The van der Waals surface area contributed by atoms with Gasteiger partial charge in [-0.3, -0.25) is 4.72 Å². The minimum absolute atomic E-state index is 0.291. The van der Waals surface area contributed by atoms with E-state index in [1.54, 1.807) is 30.3 Å². The Kier molecular flexibility index (Phi) is 3.14. The second-order valence-electron chi connectivity index (χ2n) is 5.23. The number of halogens is 1. The minimum atomic E-state index is -3.49. The number of nitrogens with one attached hydrogen (secondary N) is 1. The highest BCUT2D eigenvalue weighted by atomic mass is 35.5. The third kappa shape index (κ3) is 2.48. The van der Waals surface area contributed by atoms with Gasteiger partial charge in [-0.15, -0.1) is 0 Å². The molecule has 3 aromatic rings. The lowest BCUT2D eigenvalue weighted by Crippen LogP contribution is -2.13. The van der Waals surface area contributed by atoms with Crippen molar-refractivity contribution in [2.24, 2.45) is 0 Å². The summed E-state index contributed by atoms with van der Waals surface area (Å²) in [6.45, 7) is 0. The van der Waals surface area contributed by atoms with Crippen molar-refractivity contribution in [1.29, 1.82) is 0 Å². The lowest BCUT2D eigenvalue weighted by molar-refractivity contribution is 0.594. The maximum absolute atomic E-state index is 12.1. The van der Waals surface area contributed by atoms with Gasteiger partial charge in [0.2, 0.25) is 0 Å². The number of fused-ring (bicyclic) bond motifs is 2. The Morgan fingerprint density at radius 1 is 1.04 bits per heavy atom. The van der Waals surface area contributed by atoms with Crippen LogP contribution in [0.3, 0.4) is 0 Å². The van der Waals surface area contributed by atoms with Gasteiger partial charge < -0.3 is 0 Å². The maximum Gasteiger partial charge on any atom is 0.262 e. The minimum Gasteiger partial charge on any atom is -0.279 e. The number of rotatable bonds is 1. The van der Waals surface area contributed by atoms with Gasteiger partial charge in [-0.1, -0.05) is 35.9 Å². The lowest BCUT2D eigenvalue weighted by Gasteiger charge is -2.02. The Balaban J connectivity index is 1.84. The molecule has 2 heterocycles. The van der Waals surface area contributed by atoms with E-state index >= 15 is 0 Å². The van der Waals surface area contributed by atoms with Crippen LogP contribution in [0, 0.1) is 0 Å². The van der Waals surface area contributed by atoms with Crippen molar-refractivity contribution in [3.63, 3.8) is 0 Å². The van der Waals surface area contributed by atoms with Gasteiger partial charge in [0.15, 0.2) is 0 Å². The van der Waals surface area contributed by atoms with Crippen LogP contribution in [-0.4, -0.2) is 13.4 Å². The van der Waals surface area contributed by atoms with E-state index in [-0.39, 0.29) is 0 Å². The van der Waals surface area contributed by atoms with Crippen LogP contribution in [0.15, 0.2) is 59.5 Å². The fraction of sp³-hybridized carbons (Fsp3) is 0. The van der Waals surface area contributed by atoms with Crippen molar-refractivity contribution in [2.75, 3.05) is 0 Å². The molecule has 0 bridgehead atoms. The van der Waals surface area contributed by atoms with Crippen LogP contribution in [0.25, 0.3) is 22.7 Å². The highest BCUT2D eigenvalue weighted by Gasteiger charge is 2.28. The summed E-state index contributed by atoms with van der Waals surface area (Å²) in [5.74, 6) is 0. The van der Waals surface area contributed by atoms with E-state index in [1.165, 1.54) is 0 Å². The Hall–Kier alpha value is -2.37. The van der Waals surface area contributed by atoms with Gasteiger partial charge >= 0.3 is 0 Å². The number of nitrogens with zero attached hydrogens (tertiary/aromatic N) is 1. The fourth-order valence-corrected chi connectivity index (χ4v) is 4.10. The Morgan fingerprint density at radius 3 is 2.74 bits per heavy atom.